The molecular formula is C11H15N5O5. The van der Waals surface area contributed by atoms with E-state index in [1.807, 2.05) is 0 Å². The van der Waals surface area contributed by atoms with Crippen molar-refractivity contribution in [1.82, 2.24) is 19.5 Å². The van der Waals surface area contributed by atoms with Gasteiger partial charge in [-0.2, -0.15) is 0 Å². The van der Waals surface area contributed by atoms with Crippen molar-refractivity contribution in [3.8, 4) is 0 Å². The van der Waals surface area contributed by atoms with Gasteiger partial charge in [-0.1, -0.05) is 0 Å². The number of anilines is 1. The number of H-pyrrole nitrogens is 1. The predicted molar refractivity (Wildman–Crippen MR) is 70.7 cm³/mol. The topological polar surface area (TPSA) is 146 Å². The number of hydrogen-bond donors (Lipinski definition) is 5. The van der Waals surface area contributed by atoms with E-state index in [0.717, 1.165) is 0 Å². The fraction of sp³-hybridized carbons (Fsp3) is 0.545. The van der Waals surface area contributed by atoms with Gasteiger partial charge in [0.1, 0.15) is 18.3 Å². The Morgan fingerprint density at radius 1 is 1.48 bits per heavy atom. The van der Waals surface area contributed by atoms with Gasteiger partial charge in [0.05, 0.1) is 12.9 Å². The first-order valence-electron chi connectivity index (χ1n) is 6.34. The van der Waals surface area contributed by atoms with Crippen LogP contribution in [0.4, 0.5) is 5.95 Å². The minimum Gasteiger partial charge on any atom is -0.394 e. The number of hydrogen-bond acceptors (Lipinski definition) is 8. The predicted octanol–water partition coefficient (Wildman–Crippen LogP) is -2.23. The summed E-state index contributed by atoms with van der Waals surface area (Å²) in [5.74, 6) is 0.254. The SMILES string of the molecule is CNc1nc2c(=O)[nH]cnc2n1[C@@H]1O[C@@H](CO)[C@@H](O)[C@@H]1O. The molecule has 0 amide bonds. The zero-order valence-electron chi connectivity index (χ0n) is 11.1. The minimum absolute atomic E-state index is 0.0830. The van der Waals surface area contributed by atoms with Crippen molar-refractivity contribution in [3.05, 3.63) is 16.7 Å². The second-order valence-electron chi connectivity index (χ2n) is 4.69. The summed E-state index contributed by atoms with van der Waals surface area (Å²) in [4.78, 5) is 22.3. The molecule has 0 bridgehead atoms. The van der Waals surface area contributed by atoms with Gasteiger partial charge in [0.15, 0.2) is 17.4 Å². The monoisotopic (exact) mass is 297 g/mol. The number of ether oxygens (including phenoxy) is 1. The normalized spacial score (nSPS) is 29.1. The Hall–Kier alpha value is -2.01. The molecule has 0 saturated carbocycles. The molecule has 10 nitrogen and oxygen atoms in total. The molecule has 0 spiro atoms. The van der Waals surface area contributed by atoms with Crippen LogP contribution in [0.3, 0.4) is 0 Å². The standard InChI is InChI=1S/C11H15N5O5/c1-12-11-15-5-8(13-3-14-9(5)20)16(11)10-7(19)6(18)4(2-17)21-10/h3-4,6-7,10,17-19H,2H2,1H3,(H,12,15)(H,13,14,20)/t4-,6+,7-,10+/m0/s1. The molecule has 3 rings (SSSR count). The molecule has 0 radical (unpaired) electrons. The molecule has 1 fully saturated rings. The van der Waals surface area contributed by atoms with Crippen molar-refractivity contribution in [3.63, 3.8) is 0 Å². The molecular weight excluding hydrogens is 282 g/mol. The number of aliphatic hydroxyl groups excluding tert-OH is 3. The Morgan fingerprint density at radius 2 is 2.24 bits per heavy atom. The highest BCUT2D eigenvalue weighted by atomic mass is 16.6. The number of rotatable bonds is 3. The first-order valence-corrected chi connectivity index (χ1v) is 6.34. The third-order valence-electron chi connectivity index (χ3n) is 3.48. The van der Waals surface area contributed by atoms with Gasteiger partial charge in [0.2, 0.25) is 5.95 Å². The van der Waals surface area contributed by atoms with Crippen LogP contribution in [0.25, 0.3) is 11.2 Å². The van der Waals surface area contributed by atoms with Gasteiger partial charge in [-0.15, -0.1) is 0 Å². The van der Waals surface area contributed by atoms with Crippen LogP contribution in [0.15, 0.2) is 11.1 Å². The molecule has 114 valence electrons. The summed E-state index contributed by atoms with van der Waals surface area (Å²) < 4.78 is 6.83. The van der Waals surface area contributed by atoms with Gasteiger partial charge in [0, 0.05) is 7.05 Å². The molecule has 0 aromatic carbocycles. The van der Waals surface area contributed by atoms with Crippen LogP contribution < -0.4 is 10.9 Å². The molecule has 4 atom stereocenters. The molecule has 1 aliphatic rings. The Kier molecular flexibility index (Phi) is 3.37. The Bertz CT molecular complexity index is 713. The van der Waals surface area contributed by atoms with Gasteiger partial charge in [-0.3, -0.25) is 9.36 Å². The second kappa shape index (κ2) is 5.07. The van der Waals surface area contributed by atoms with E-state index in [1.54, 1.807) is 7.05 Å². The van der Waals surface area contributed by atoms with Crippen LogP contribution in [0.1, 0.15) is 6.23 Å². The van der Waals surface area contributed by atoms with E-state index in [-0.39, 0.29) is 17.1 Å². The van der Waals surface area contributed by atoms with E-state index in [2.05, 4.69) is 20.3 Å². The van der Waals surface area contributed by atoms with E-state index < -0.39 is 36.7 Å². The molecule has 0 aliphatic carbocycles. The summed E-state index contributed by atoms with van der Waals surface area (Å²) in [5.41, 5.74) is -0.139. The van der Waals surface area contributed by atoms with Gasteiger partial charge in [0.25, 0.3) is 5.56 Å². The van der Waals surface area contributed by atoms with E-state index in [4.69, 9.17) is 9.84 Å². The number of nitrogens with zero attached hydrogens (tertiary/aromatic N) is 3. The number of aromatic amines is 1. The third kappa shape index (κ3) is 2.00. The lowest BCUT2D eigenvalue weighted by Crippen LogP contribution is -2.33. The Morgan fingerprint density at radius 3 is 2.86 bits per heavy atom. The van der Waals surface area contributed by atoms with Crippen molar-refractivity contribution in [1.29, 1.82) is 0 Å². The average Bonchev–Trinajstić information content (AvgIpc) is 2.99. The number of aliphatic hydroxyl groups is 3. The van der Waals surface area contributed by atoms with Crippen LogP contribution in [0, 0.1) is 0 Å². The lowest BCUT2D eigenvalue weighted by atomic mass is 10.1. The summed E-state index contributed by atoms with van der Waals surface area (Å²) >= 11 is 0. The highest BCUT2D eigenvalue weighted by Crippen LogP contribution is 2.33. The van der Waals surface area contributed by atoms with Crippen molar-refractivity contribution >= 4 is 17.1 Å². The number of imidazole rings is 1. The number of nitrogens with one attached hydrogen (secondary N) is 2. The lowest BCUT2D eigenvalue weighted by molar-refractivity contribution is -0.0501. The molecule has 21 heavy (non-hydrogen) atoms. The van der Waals surface area contributed by atoms with Crippen molar-refractivity contribution < 1.29 is 20.1 Å². The quantitative estimate of drug-likeness (QED) is 0.428. The zero-order valence-corrected chi connectivity index (χ0v) is 11.1. The largest absolute Gasteiger partial charge is 0.394 e. The molecule has 2 aromatic rings. The highest BCUT2D eigenvalue weighted by molar-refractivity contribution is 5.73. The van der Waals surface area contributed by atoms with Gasteiger partial charge < -0.3 is 30.4 Å². The third-order valence-corrected chi connectivity index (χ3v) is 3.48. The maximum atomic E-state index is 11.7. The summed E-state index contributed by atoms with van der Waals surface area (Å²) in [6, 6.07) is 0. The van der Waals surface area contributed by atoms with E-state index in [0.29, 0.717) is 0 Å². The van der Waals surface area contributed by atoms with Crippen molar-refractivity contribution in [2.75, 3.05) is 19.0 Å². The molecule has 3 heterocycles. The first kappa shape index (κ1) is 13.9. The lowest BCUT2D eigenvalue weighted by Gasteiger charge is -2.18. The van der Waals surface area contributed by atoms with E-state index >= 15 is 0 Å². The molecule has 1 saturated heterocycles. The fourth-order valence-electron chi connectivity index (χ4n) is 2.43. The fourth-order valence-corrected chi connectivity index (χ4v) is 2.43. The first-order chi connectivity index (χ1) is 10.1. The van der Waals surface area contributed by atoms with E-state index in [9.17, 15) is 15.0 Å². The van der Waals surface area contributed by atoms with Crippen LogP contribution in [0.5, 0.6) is 0 Å². The highest BCUT2D eigenvalue weighted by Gasteiger charge is 2.44. The maximum Gasteiger partial charge on any atom is 0.278 e. The van der Waals surface area contributed by atoms with Gasteiger partial charge >= 0.3 is 0 Å². The van der Waals surface area contributed by atoms with Crippen LogP contribution in [-0.4, -0.2) is 66.8 Å². The van der Waals surface area contributed by atoms with Gasteiger partial charge in [-0.25, -0.2) is 9.97 Å². The van der Waals surface area contributed by atoms with Crippen molar-refractivity contribution in [2.45, 2.75) is 24.5 Å². The maximum absolute atomic E-state index is 11.7. The van der Waals surface area contributed by atoms with Crippen LogP contribution in [0.2, 0.25) is 0 Å². The Labute approximate surface area is 118 Å². The number of fused-ring (bicyclic) bond motifs is 1. The smallest absolute Gasteiger partial charge is 0.278 e. The average molecular weight is 297 g/mol. The van der Waals surface area contributed by atoms with Crippen molar-refractivity contribution in [2.24, 2.45) is 0 Å². The summed E-state index contributed by atoms with van der Waals surface area (Å²) in [6.07, 6.45) is -3.26. The summed E-state index contributed by atoms with van der Waals surface area (Å²) in [6.45, 7) is -0.440. The second-order valence-corrected chi connectivity index (χ2v) is 4.69. The van der Waals surface area contributed by atoms with E-state index in [1.165, 1.54) is 10.9 Å². The minimum atomic E-state index is -1.28. The molecule has 5 N–H and O–H groups in total. The summed E-state index contributed by atoms with van der Waals surface area (Å²) in [7, 11) is 1.59. The molecule has 0 unspecified atom stereocenters. The zero-order chi connectivity index (χ0) is 15.1. The molecule has 10 heteroatoms. The number of aromatic nitrogens is 4. The molecule has 2 aromatic heterocycles. The van der Waals surface area contributed by atoms with Crippen LogP contribution >= 0.6 is 0 Å². The van der Waals surface area contributed by atoms with Crippen LogP contribution in [-0.2, 0) is 4.74 Å². The van der Waals surface area contributed by atoms with Gasteiger partial charge in [-0.05, 0) is 0 Å². The Balaban J connectivity index is 2.16. The molecule has 1 aliphatic heterocycles. The summed E-state index contributed by atoms with van der Waals surface area (Å²) in [5, 5.41) is 31.9.